The van der Waals surface area contributed by atoms with Gasteiger partial charge < -0.3 is 23.9 Å². The highest BCUT2D eigenvalue weighted by molar-refractivity contribution is 7.62. The number of hydrogen-bond acceptors (Lipinski definition) is 7. The van der Waals surface area contributed by atoms with E-state index in [0.29, 0.717) is 0 Å². The van der Waals surface area contributed by atoms with Crippen LogP contribution in [0.1, 0.15) is 31.7 Å². The van der Waals surface area contributed by atoms with E-state index in [-0.39, 0.29) is 43.4 Å². The predicted octanol–water partition coefficient (Wildman–Crippen LogP) is 3.62. The number of benzene rings is 1. The van der Waals surface area contributed by atoms with Gasteiger partial charge in [0.15, 0.2) is 0 Å². The van der Waals surface area contributed by atoms with Gasteiger partial charge in [0.05, 0.1) is 19.6 Å². The maximum atomic E-state index is 13.1. The Bertz CT molecular complexity index is 809. The number of anilines is 1. The molecule has 2 N–H and O–H groups in total. The van der Waals surface area contributed by atoms with Crippen molar-refractivity contribution in [2.45, 2.75) is 20.3 Å². The van der Waals surface area contributed by atoms with Crippen LogP contribution in [0.2, 0.25) is 0 Å². The normalized spacial score (nSPS) is 11.8. The summed E-state index contributed by atoms with van der Waals surface area (Å²) in [6, 6.07) is 9.54. The summed E-state index contributed by atoms with van der Waals surface area (Å²) in [6.45, 7) is 3.79. The number of oxazole rings is 1. The number of rotatable bonds is 11. The van der Waals surface area contributed by atoms with Crippen molar-refractivity contribution in [2.24, 2.45) is 0 Å². The van der Waals surface area contributed by atoms with E-state index in [1.54, 1.807) is 26.0 Å². The lowest BCUT2D eigenvalue weighted by molar-refractivity contribution is -0.136. The summed E-state index contributed by atoms with van der Waals surface area (Å²) < 4.78 is 29.4. The average molecular weight is 394 g/mol. The number of carboxylic acid groups (broad SMARTS) is 1. The van der Waals surface area contributed by atoms with Crippen LogP contribution in [0.5, 0.6) is 0 Å². The molecule has 2 rings (SSSR count). The molecule has 0 aliphatic heterocycles. The van der Waals surface area contributed by atoms with Crippen molar-refractivity contribution in [3.05, 3.63) is 41.8 Å². The Morgan fingerprint density at radius 1 is 1.22 bits per heavy atom. The number of nitrogens with one attached hydrogen (secondary N) is 1. The number of carbonyl (C=O) groups is 1. The molecule has 1 aromatic heterocycles. The van der Waals surface area contributed by atoms with Gasteiger partial charge in [0.2, 0.25) is 17.2 Å². The van der Waals surface area contributed by atoms with Gasteiger partial charge in [-0.15, -0.1) is 0 Å². The quantitative estimate of drug-likeness (QED) is 0.556. The lowest BCUT2D eigenvalue weighted by Crippen LogP contribution is -2.18. The zero-order valence-corrected chi connectivity index (χ0v) is 16.1. The van der Waals surface area contributed by atoms with E-state index in [0.717, 1.165) is 5.56 Å². The third-order valence-corrected chi connectivity index (χ3v) is 5.34. The average Bonchev–Trinajstić information content (AvgIpc) is 3.05. The maximum Gasteiger partial charge on any atom is 0.385 e. The number of aromatic nitrogens is 1. The van der Waals surface area contributed by atoms with Crippen LogP contribution in [0.15, 0.2) is 34.7 Å². The first-order valence-corrected chi connectivity index (χ1v) is 10.1. The minimum absolute atomic E-state index is 0.00398. The SMILES string of the molecule is CCOP(=O)(OCC)c1nc(/C=C/c2ccccc2)oc1NCCC(=O)O. The summed E-state index contributed by atoms with van der Waals surface area (Å²) in [7, 11) is -3.70. The molecule has 0 spiro atoms. The second-order valence-corrected chi connectivity index (χ2v) is 7.29. The lowest BCUT2D eigenvalue weighted by atomic mass is 10.2. The van der Waals surface area contributed by atoms with Gasteiger partial charge in [-0.05, 0) is 25.5 Å². The molecule has 0 atom stereocenters. The van der Waals surface area contributed by atoms with Crippen LogP contribution < -0.4 is 10.8 Å². The molecule has 2 aromatic rings. The molecule has 9 heteroatoms. The molecule has 8 nitrogen and oxygen atoms in total. The van der Waals surface area contributed by atoms with Gasteiger partial charge in [0, 0.05) is 12.6 Å². The summed E-state index contributed by atoms with van der Waals surface area (Å²) >= 11 is 0. The van der Waals surface area contributed by atoms with E-state index in [1.165, 1.54) is 0 Å². The molecule has 0 amide bonds. The van der Waals surface area contributed by atoms with Crippen molar-refractivity contribution in [1.82, 2.24) is 4.98 Å². The molecular formula is C18H23N2O6P. The number of nitrogens with zero attached hydrogens (tertiary/aromatic N) is 1. The molecule has 0 bridgehead atoms. The lowest BCUT2D eigenvalue weighted by Gasteiger charge is -2.15. The van der Waals surface area contributed by atoms with Crippen molar-refractivity contribution in [2.75, 3.05) is 25.1 Å². The van der Waals surface area contributed by atoms with Crippen LogP contribution >= 0.6 is 7.60 Å². The highest BCUT2D eigenvalue weighted by Gasteiger charge is 2.35. The molecule has 146 valence electrons. The summed E-state index contributed by atoms with van der Waals surface area (Å²) in [4.78, 5) is 15.0. The zero-order valence-electron chi connectivity index (χ0n) is 15.3. The highest BCUT2D eigenvalue weighted by atomic mass is 31.2. The Kier molecular flexibility index (Phi) is 7.79. The molecule has 0 saturated heterocycles. The minimum Gasteiger partial charge on any atom is -0.481 e. The summed E-state index contributed by atoms with van der Waals surface area (Å²) in [5, 5.41) is 11.6. The van der Waals surface area contributed by atoms with E-state index in [1.807, 2.05) is 30.3 Å². The molecule has 1 heterocycles. The van der Waals surface area contributed by atoms with Crippen molar-refractivity contribution in [3.63, 3.8) is 0 Å². The van der Waals surface area contributed by atoms with Gasteiger partial charge in [0.25, 0.3) is 0 Å². The van der Waals surface area contributed by atoms with Crippen LogP contribution in [0.25, 0.3) is 12.2 Å². The monoisotopic (exact) mass is 394 g/mol. The molecule has 0 fully saturated rings. The molecule has 0 aliphatic rings. The minimum atomic E-state index is -3.70. The van der Waals surface area contributed by atoms with Crippen LogP contribution in [-0.2, 0) is 18.4 Å². The Balaban J connectivity index is 2.33. The summed E-state index contributed by atoms with van der Waals surface area (Å²) in [5.41, 5.74) is 0.944. The molecule has 0 unspecified atom stereocenters. The van der Waals surface area contributed by atoms with Gasteiger partial charge in [-0.1, -0.05) is 30.3 Å². The fourth-order valence-electron chi connectivity index (χ4n) is 2.21. The van der Waals surface area contributed by atoms with Crippen molar-refractivity contribution < 1.29 is 27.9 Å². The third-order valence-electron chi connectivity index (χ3n) is 3.33. The highest BCUT2D eigenvalue weighted by Crippen LogP contribution is 2.48. The fourth-order valence-corrected chi connectivity index (χ4v) is 3.81. The number of carboxylic acids is 1. The van der Waals surface area contributed by atoms with Crippen LogP contribution in [0.3, 0.4) is 0 Å². The van der Waals surface area contributed by atoms with Gasteiger partial charge in [-0.2, -0.15) is 4.98 Å². The van der Waals surface area contributed by atoms with E-state index in [9.17, 15) is 9.36 Å². The smallest absolute Gasteiger partial charge is 0.385 e. The summed E-state index contributed by atoms with van der Waals surface area (Å²) in [6.07, 6.45) is 3.29. The van der Waals surface area contributed by atoms with E-state index < -0.39 is 13.6 Å². The Morgan fingerprint density at radius 3 is 2.48 bits per heavy atom. The first-order valence-electron chi connectivity index (χ1n) is 8.57. The maximum absolute atomic E-state index is 13.1. The van der Waals surface area contributed by atoms with Gasteiger partial charge in [0.1, 0.15) is 0 Å². The Hall–Kier alpha value is -2.41. The second kappa shape index (κ2) is 10.1. The van der Waals surface area contributed by atoms with Crippen molar-refractivity contribution in [1.29, 1.82) is 0 Å². The van der Waals surface area contributed by atoms with Gasteiger partial charge in [-0.25, -0.2) is 0 Å². The topological polar surface area (TPSA) is 111 Å². The molecule has 0 radical (unpaired) electrons. The third kappa shape index (κ3) is 6.06. The Morgan fingerprint density at radius 2 is 1.89 bits per heavy atom. The van der Waals surface area contributed by atoms with Crippen LogP contribution in [0, 0.1) is 0 Å². The Labute approximate surface area is 157 Å². The number of hydrogen-bond donors (Lipinski definition) is 2. The van der Waals surface area contributed by atoms with Crippen molar-refractivity contribution in [3.8, 4) is 0 Å². The number of aliphatic carboxylic acids is 1. The van der Waals surface area contributed by atoms with Crippen LogP contribution in [-0.4, -0.2) is 35.8 Å². The first-order chi connectivity index (χ1) is 13.0. The predicted molar refractivity (Wildman–Crippen MR) is 103 cm³/mol. The largest absolute Gasteiger partial charge is 0.481 e. The standard InChI is InChI=1S/C18H23N2O6P/c1-3-24-27(23,25-4-2)18-17(19-13-12-16(21)22)26-15(20-18)11-10-14-8-6-5-7-9-14/h5-11,19H,3-4,12-13H2,1-2H3,(H,21,22)/b11-10+. The summed E-state index contributed by atoms with van der Waals surface area (Å²) in [5.74, 6) is -0.689. The first kappa shape index (κ1) is 20.9. The van der Waals surface area contributed by atoms with Crippen LogP contribution in [0.4, 0.5) is 5.88 Å². The molecular weight excluding hydrogens is 371 g/mol. The van der Waals surface area contributed by atoms with Gasteiger partial charge in [-0.3, -0.25) is 9.36 Å². The fraction of sp³-hybridized carbons (Fsp3) is 0.333. The van der Waals surface area contributed by atoms with Crippen molar-refractivity contribution >= 4 is 37.0 Å². The van der Waals surface area contributed by atoms with E-state index in [2.05, 4.69) is 10.3 Å². The molecule has 0 aliphatic carbocycles. The second-order valence-electron chi connectivity index (χ2n) is 5.35. The molecule has 27 heavy (non-hydrogen) atoms. The van der Waals surface area contributed by atoms with E-state index in [4.69, 9.17) is 18.6 Å². The zero-order chi connectivity index (χ0) is 19.7. The van der Waals surface area contributed by atoms with Gasteiger partial charge >= 0.3 is 13.6 Å². The van der Waals surface area contributed by atoms with E-state index >= 15 is 0 Å². The molecule has 0 saturated carbocycles. The molecule has 1 aromatic carbocycles.